The second kappa shape index (κ2) is 10.5. The minimum atomic E-state index is -4.01. The molecule has 0 aliphatic carbocycles. The van der Waals surface area contributed by atoms with Gasteiger partial charge in [0.1, 0.15) is 11.5 Å². The second-order valence-corrected chi connectivity index (χ2v) is 9.19. The summed E-state index contributed by atoms with van der Waals surface area (Å²) in [5.41, 5.74) is 2.87. The van der Waals surface area contributed by atoms with Crippen molar-refractivity contribution < 1.29 is 27.9 Å². The highest BCUT2D eigenvalue weighted by Gasteiger charge is 2.26. The van der Waals surface area contributed by atoms with Crippen LogP contribution in [0.25, 0.3) is 11.1 Å². The van der Waals surface area contributed by atoms with E-state index >= 15 is 0 Å². The molecule has 1 amide bonds. The van der Waals surface area contributed by atoms with Crippen LogP contribution in [0.1, 0.15) is 29.8 Å². The summed E-state index contributed by atoms with van der Waals surface area (Å²) in [5.74, 6) is -0.122. The molecule has 8 nitrogen and oxygen atoms in total. The molecule has 0 aliphatic rings. The van der Waals surface area contributed by atoms with Crippen molar-refractivity contribution >= 4 is 15.9 Å². The summed E-state index contributed by atoms with van der Waals surface area (Å²) in [5, 5.41) is 9.28. The smallest absolute Gasteiger partial charge is 0.275 e. The number of rotatable bonds is 9. The van der Waals surface area contributed by atoms with E-state index in [1.807, 2.05) is 44.2 Å². The maximum atomic E-state index is 13.3. The van der Waals surface area contributed by atoms with Crippen molar-refractivity contribution in [3.63, 3.8) is 0 Å². The Balaban J connectivity index is 2.20. The summed E-state index contributed by atoms with van der Waals surface area (Å²) >= 11 is 0. The Labute approximate surface area is 193 Å². The zero-order valence-electron chi connectivity index (χ0n) is 18.5. The molecule has 0 unspecified atom stereocenters. The molecule has 9 heteroatoms. The molecule has 0 aliphatic heterocycles. The molecule has 0 bridgehead atoms. The lowest BCUT2D eigenvalue weighted by molar-refractivity contribution is 0.0706. The highest BCUT2D eigenvalue weighted by molar-refractivity contribution is 7.89. The Morgan fingerprint density at radius 1 is 1.03 bits per heavy atom. The van der Waals surface area contributed by atoms with Crippen LogP contribution in [0.3, 0.4) is 0 Å². The standard InChI is InChI=1S/C24H26N2O6S/c1-16(2)32-21-11-7-10-19(24(27)26-28)23(21)20-14-18(31-3)12-13-22(20)33(29,30)25-15-17-8-5-4-6-9-17/h4-14,16,25,28H,15H2,1-3H3,(H,26,27). The summed E-state index contributed by atoms with van der Waals surface area (Å²) in [6, 6.07) is 18.3. The summed E-state index contributed by atoms with van der Waals surface area (Å²) < 4.78 is 40.5. The van der Waals surface area contributed by atoms with Gasteiger partial charge in [-0.25, -0.2) is 18.6 Å². The first-order valence-corrected chi connectivity index (χ1v) is 11.7. The normalized spacial score (nSPS) is 11.3. The number of carbonyl (C=O) groups is 1. The fourth-order valence-electron chi connectivity index (χ4n) is 3.33. The minimum absolute atomic E-state index is 0.0448. The summed E-state index contributed by atoms with van der Waals surface area (Å²) in [6.07, 6.45) is -0.252. The van der Waals surface area contributed by atoms with Crippen LogP contribution in [0.2, 0.25) is 0 Å². The Morgan fingerprint density at radius 3 is 2.39 bits per heavy atom. The van der Waals surface area contributed by atoms with Crippen LogP contribution in [0.4, 0.5) is 0 Å². The molecule has 3 rings (SSSR count). The first-order valence-electron chi connectivity index (χ1n) is 10.2. The second-order valence-electron chi connectivity index (χ2n) is 7.46. The number of carbonyl (C=O) groups excluding carboxylic acids is 1. The lowest BCUT2D eigenvalue weighted by Crippen LogP contribution is -2.24. The van der Waals surface area contributed by atoms with Crippen LogP contribution in [-0.4, -0.2) is 32.7 Å². The molecule has 3 aromatic rings. The zero-order valence-corrected chi connectivity index (χ0v) is 19.3. The van der Waals surface area contributed by atoms with Crippen LogP contribution in [0.15, 0.2) is 71.6 Å². The molecular formula is C24H26N2O6S. The van der Waals surface area contributed by atoms with Crippen molar-refractivity contribution in [2.75, 3.05) is 7.11 Å². The predicted molar refractivity (Wildman–Crippen MR) is 124 cm³/mol. The molecule has 3 N–H and O–H groups in total. The largest absolute Gasteiger partial charge is 0.497 e. The third-order valence-electron chi connectivity index (χ3n) is 4.79. The molecule has 0 radical (unpaired) electrons. The topological polar surface area (TPSA) is 114 Å². The van der Waals surface area contributed by atoms with E-state index in [0.717, 1.165) is 5.56 Å². The van der Waals surface area contributed by atoms with E-state index in [4.69, 9.17) is 9.47 Å². The Morgan fingerprint density at radius 2 is 1.76 bits per heavy atom. The molecule has 0 saturated carbocycles. The number of amides is 1. The average Bonchev–Trinajstić information content (AvgIpc) is 2.82. The molecule has 0 saturated heterocycles. The van der Waals surface area contributed by atoms with E-state index in [1.54, 1.807) is 17.6 Å². The van der Waals surface area contributed by atoms with Gasteiger partial charge in [-0.15, -0.1) is 0 Å². The van der Waals surface area contributed by atoms with E-state index in [2.05, 4.69) is 4.72 Å². The first kappa shape index (κ1) is 24.2. The van der Waals surface area contributed by atoms with Gasteiger partial charge < -0.3 is 9.47 Å². The number of ether oxygens (including phenoxy) is 2. The summed E-state index contributed by atoms with van der Waals surface area (Å²) in [4.78, 5) is 12.4. The van der Waals surface area contributed by atoms with Crippen molar-refractivity contribution in [1.29, 1.82) is 0 Å². The SMILES string of the molecule is COc1ccc(S(=O)(=O)NCc2ccccc2)c(-c2c(OC(C)C)cccc2C(=O)NO)c1. The van der Waals surface area contributed by atoms with Crippen LogP contribution in [0.5, 0.6) is 11.5 Å². The number of benzene rings is 3. The van der Waals surface area contributed by atoms with Gasteiger partial charge in [0.25, 0.3) is 5.91 Å². The third-order valence-corrected chi connectivity index (χ3v) is 6.25. The van der Waals surface area contributed by atoms with Gasteiger partial charge in [-0.3, -0.25) is 10.0 Å². The highest BCUT2D eigenvalue weighted by atomic mass is 32.2. The summed E-state index contributed by atoms with van der Waals surface area (Å²) in [6.45, 7) is 3.71. The maximum absolute atomic E-state index is 13.3. The molecule has 0 aromatic heterocycles. The highest BCUT2D eigenvalue weighted by Crippen LogP contribution is 2.39. The maximum Gasteiger partial charge on any atom is 0.275 e. The predicted octanol–water partition coefficient (Wildman–Crippen LogP) is 3.75. The number of hydroxylamine groups is 1. The number of nitrogens with one attached hydrogen (secondary N) is 2. The Kier molecular flexibility index (Phi) is 7.70. The van der Waals surface area contributed by atoms with Crippen molar-refractivity contribution in [2.24, 2.45) is 0 Å². The van der Waals surface area contributed by atoms with Gasteiger partial charge in [0.05, 0.1) is 23.7 Å². The molecule has 0 spiro atoms. The quantitative estimate of drug-likeness (QED) is 0.324. The van der Waals surface area contributed by atoms with Gasteiger partial charge in [-0.1, -0.05) is 36.4 Å². The lowest BCUT2D eigenvalue weighted by Gasteiger charge is -2.20. The number of methoxy groups -OCH3 is 1. The Bertz CT molecular complexity index is 1230. The molecule has 174 valence electrons. The van der Waals surface area contributed by atoms with Crippen LogP contribution in [-0.2, 0) is 16.6 Å². The molecule has 0 heterocycles. The van der Waals surface area contributed by atoms with Crippen LogP contribution in [0, 0.1) is 0 Å². The van der Waals surface area contributed by atoms with Crippen molar-refractivity contribution in [3.05, 3.63) is 77.9 Å². The zero-order chi connectivity index (χ0) is 24.0. The van der Waals surface area contributed by atoms with Gasteiger partial charge in [-0.2, -0.15) is 0 Å². The van der Waals surface area contributed by atoms with E-state index in [1.165, 1.54) is 31.4 Å². The van der Waals surface area contributed by atoms with Crippen molar-refractivity contribution in [3.8, 4) is 22.6 Å². The molecule has 3 aromatic carbocycles. The van der Waals surface area contributed by atoms with Crippen molar-refractivity contribution in [1.82, 2.24) is 10.2 Å². The van der Waals surface area contributed by atoms with Gasteiger partial charge in [0, 0.05) is 17.7 Å². The number of hydrogen-bond donors (Lipinski definition) is 3. The summed E-state index contributed by atoms with van der Waals surface area (Å²) in [7, 11) is -2.55. The molecule has 0 fully saturated rings. The average molecular weight is 471 g/mol. The van der Waals surface area contributed by atoms with E-state index in [0.29, 0.717) is 11.5 Å². The number of sulfonamides is 1. The first-order chi connectivity index (χ1) is 15.8. The lowest BCUT2D eigenvalue weighted by atomic mass is 9.97. The fourth-order valence-corrected chi connectivity index (χ4v) is 4.54. The monoisotopic (exact) mass is 470 g/mol. The Hall–Kier alpha value is -3.40. The van der Waals surface area contributed by atoms with E-state index in [9.17, 15) is 18.4 Å². The van der Waals surface area contributed by atoms with Gasteiger partial charge in [0.2, 0.25) is 10.0 Å². The fraction of sp³-hybridized carbons (Fsp3) is 0.208. The minimum Gasteiger partial charge on any atom is -0.497 e. The van der Waals surface area contributed by atoms with Gasteiger partial charge >= 0.3 is 0 Å². The molecular weight excluding hydrogens is 444 g/mol. The van der Waals surface area contributed by atoms with Gasteiger partial charge in [0.15, 0.2) is 0 Å². The van der Waals surface area contributed by atoms with E-state index in [-0.39, 0.29) is 34.2 Å². The molecule has 33 heavy (non-hydrogen) atoms. The van der Waals surface area contributed by atoms with Gasteiger partial charge in [-0.05, 0) is 49.7 Å². The van der Waals surface area contributed by atoms with E-state index < -0.39 is 15.9 Å². The van der Waals surface area contributed by atoms with Crippen molar-refractivity contribution in [2.45, 2.75) is 31.4 Å². The third kappa shape index (κ3) is 5.70. The number of hydrogen-bond acceptors (Lipinski definition) is 6. The molecule has 0 atom stereocenters. The van der Waals surface area contributed by atoms with Crippen LogP contribution < -0.4 is 19.7 Å². The van der Waals surface area contributed by atoms with Crippen LogP contribution >= 0.6 is 0 Å².